The molecule has 3 atom stereocenters. The van der Waals surface area contributed by atoms with Crippen LogP contribution in [-0.4, -0.2) is 45.9 Å². The Morgan fingerprint density at radius 1 is 1.32 bits per heavy atom. The quantitative estimate of drug-likeness (QED) is 0.454. The average Bonchev–Trinajstić information content (AvgIpc) is 2.60. The van der Waals surface area contributed by atoms with Crippen LogP contribution in [0.4, 0.5) is 0 Å². The molecule has 0 saturated carbocycles. The molecule has 132 valence electrons. The fourth-order valence-electron chi connectivity index (χ4n) is 3.07. The molecule has 0 radical (unpaired) electrons. The maximum absolute atomic E-state index is 12.8. The highest BCUT2D eigenvalue weighted by molar-refractivity contribution is 9.09. The Kier molecular flexibility index (Phi) is 5.19. The Morgan fingerprint density at radius 2 is 2.00 bits per heavy atom. The lowest BCUT2D eigenvalue weighted by molar-refractivity contribution is -0.149. The third-order valence-corrected chi connectivity index (χ3v) is 6.24. The summed E-state index contributed by atoms with van der Waals surface area (Å²) in [5.41, 5.74) is 1.75. The molecule has 1 fully saturated rings. The van der Waals surface area contributed by atoms with Crippen molar-refractivity contribution in [3.8, 4) is 0 Å². The SMILES string of the molecule is COC(=O)C1=C(CBr)C(NC(C)=O)S[C@@H]2[C@H](c3ccccc3)C(=O)N12. The largest absolute Gasteiger partial charge is 0.464 e. The molecule has 0 aromatic heterocycles. The van der Waals surface area contributed by atoms with E-state index < -0.39 is 11.3 Å². The standard InChI is InChI=1S/C17H17BrN2O4S/c1-9(21)19-14-11(8-18)13(17(23)24-2)20-15(22)12(16(20)25-14)10-6-4-3-5-7-10/h3-7,12,14,16H,8H2,1-2H3,(H,19,21)/t12-,14?,16-/m1/s1. The number of methoxy groups -OCH3 is 1. The van der Waals surface area contributed by atoms with Crippen LogP contribution in [-0.2, 0) is 19.1 Å². The number of fused-ring (bicyclic) bond motifs is 1. The topological polar surface area (TPSA) is 75.7 Å². The first-order valence-electron chi connectivity index (χ1n) is 7.67. The first kappa shape index (κ1) is 18.0. The third-order valence-electron chi connectivity index (χ3n) is 4.20. The van der Waals surface area contributed by atoms with Crippen molar-refractivity contribution in [3.63, 3.8) is 0 Å². The molecule has 8 heteroatoms. The molecule has 6 nitrogen and oxygen atoms in total. The van der Waals surface area contributed by atoms with Gasteiger partial charge in [0.05, 0.1) is 13.0 Å². The predicted octanol–water partition coefficient (Wildman–Crippen LogP) is 1.97. The molecule has 1 aromatic rings. The third kappa shape index (κ3) is 3.08. The molecule has 2 aliphatic heterocycles. The molecule has 0 spiro atoms. The van der Waals surface area contributed by atoms with Crippen LogP contribution in [0.25, 0.3) is 0 Å². The van der Waals surface area contributed by atoms with E-state index in [0.29, 0.717) is 10.9 Å². The van der Waals surface area contributed by atoms with Gasteiger partial charge in [0.2, 0.25) is 11.8 Å². The first-order chi connectivity index (χ1) is 12.0. The molecule has 2 aliphatic rings. The van der Waals surface area contributed by atoms with E-state index in [0.717, 1.165) is 5.56 Å². The van der Waals surface area contributed by atoms with Crippen LogP contribution in [0.15, 0.2) is 41.6 Å². The number of esters is 1. The average molecular weight is 425 g/mol. The lowest BCUT2D eigenvalue weighted by Gasteiger charge is -2.51. The summed E-state index contributed by atoms with van der Waals surface area (Å²) in [5.74, 6) is -1.26. The molecule has 1 saturated heterocycles. The van der Waals surface area contributed by atoms with E-state index in [1.54, 1.807) is 0 Å². The van der Waals surface area contributed by atoms with Gasteiger partial charge in [-0.3, -0.25) is 14.5 Å². The van der Waals surface area contributed by atoms with Gasteiger partial charge in [-0.05, 0) is 5.56 Å². The van der Waals surface area contributed by atoms with Crippen LogP contribution < -0.4 is 5.32 Å². The molecule has 3 rings (SSSR count). The van der Waals surface area contributed by atoms with Gasteiger partial charge in [-0.15, -0.1) is 11.8 Å². The Hall–Kier alpha value is -1.80. The van der Waals surface area contributed by atoms with E-state index >= 15 is 0 Å². The molecule has 0 bridgehead atoms. The summed E-state index contributed by atoms with van der Waals surface area (Å²) in [5, 5.41) is 2.55. The van der Waals surface area contributed by atoms with Crippen LogP contribution in [0.1, 0.15) is 18.4 Å². The number of alkyl halides is 1. The fraction of sp³-hybridized carbons (Fsp3) is 0.353. The minimum absolute atomic E-state index is 0.135. The highest BCUT2D eigenvalue weighted by atomic mass is 79.9. The van der Waals surface area contributed by atoms with Gasteiger partial charge in [0.25, 0.3) is 0 Å². The van der Waals surface area contributed by atoms with Crippen molar-refractivity contribution in [3.05, 3.63) is 47.2 Å². The molecular weight excluding hydrogens is 408 g/mol. The molecular formula is C17H17BrN2O4S. The van der Waals surface area contributed by atoms with Crippen LogP contribution in [0.5, 0.6) is 0 Å². The minimum Gasteiger partial charge on any atom is -0.464 e. The molecule has 1 unspecified atom stereocenters. The summed E-state index contributed by atoms with van der Waals surface area (Å²) >= 11 is 4.82. The summed E-state index contributed by atoms with van der Waals surface area (Å²) in [6.45, 7) is 1.43. The number of rotatable bonds is 4. The number of halogens is 1. The number of carbonyl (C=O) groups is 3. The summed E-state index contributed by atoms with van der Waals surface area (Å²) in [6, 6.07) is 9.45. The first-order valence-corrected chi connectivity index (χ1v) is 9.74. The molecule has 2 heterocycles. The number of nitrogens with zero attached hydrogens (tertiary/aromatic N) is 1. The van der Waals surface area contributed by atoms with Gasteiger partial charge in [-0.2, -0.15) is 0 Å². The zero-order chi connectivity index (χ0) is 18.1. The smallest absolute Gasteiger partial charge is 0.354 e. The summed E-state index contributed by atoms with van der Waals surface area (Å²) in [6.07, 6.45) is 0. The van der Waals surface area contributed by atoms with Gasteiger partial charge in [0, 0.05) is 17.8 Å². The van der Waals surface area contributed by atoms with Crippen molar-refractivity contribution >= 4 is 45.5 Å². The maximum atomic E-state index is 12.8. The lowest BCUT2D eigenvalue weighted by atomic mass is 9.88. The Morgan fingerprint density at radius 3 is 2.56 bits per heavy atom. The second-order valence-corrected chi connectivity index (χ2v) is 7.49. The van der Waals surface area contributed by atoms with Crippen molar-refractivity contribution in [1.82, 2.24) is 10.2 Å². The zero-order valence-electron chi connectivity index (χ0n) is 13.7. The number of hydrogen-bond acceptors (Lipinski definition) is 5. The summed E-state index contributed by atoms with van der Waals surface area (Å²) < 4.78 is 4.88. The number of benzene rings is 1. The Bertz CT molecular complexity index is 752. The number of β-lactam (4-membered cyclic amide) rings is 1. The van der Waals surface area contributed by atoms with Crippen LogP contribution in [0.2, 0.25) is 0 Å². The molecule has 25 heavy (non-hydrogen) atoms. The molecule has 2 amide bonds. The van der Waals surface area contributed by atoms with E-state index in [-0.39, 0.29) is 28.8 Å². The van der Waals surface area contributed by atoms with E-state index in [1.807, 2.05) is 30.3 Å². The van der Waals surface area contributed by atoms with Crippen molar-refractivity contribution in [2.75, 3.05) is 12.4 Å². The van der Waals surface area contributed by atoms with E-state index in [2.05, 4.69) is 21.2 Å². The number of ether oxygens (including phenoxy) is 1. The fourth-order valence-corrected chi connectivity index (χ4v) is 5.51. The van der Waals surface area contributed by atoms with Gasteiger partial charge < -0.3 is 10.1 Å². The molecule has 0 aliphatic carbocycles. The summed E-state index contributed by atoms with van der Waals surface area (Å²) in [7, 11) is 1.28. The van der Waals surface area contributed by atoms with Crippen molar-refractivity contribution < 1.29 is 19.1 Å². The van der Waals surface area contributed by atoms with Crippen molar-refractivity contribution in [2.24, 2.45) is 0 Å². The van der Waals surface area contributed by atoms with E-state index in [4.69, 9.17) is 4.74 Å². The van der Waals surface area contributed by atoms with Crippen molar-refractivity contribution in [1.29, 1.82) is 0 Å². The Labute approximate surface area is 158 Å². The van der Waals surface area contributed by atoms with Gasteiger partial charge >= 0.3 is 5.97 Å². The lowest BCUT2D eigenvalue weighted by Crippen LogP contribution is -2.62. The number of amides is 2. The zero-order valence-corrected chi connectivity index (χ0v) is 16.1. The number of carbonyl (C=O) groups excluding carboxylic acids is 3. The van der Waals surface area contributed by atoms with Gasteiger partial charge in [0.15, 0.2) is 0 Å². The monoisotopic (exact) mass is 424 g/mol. The number of thioether (sulfide) groups is 1. The normalized spacial score (nSPS) is 25.2. The van der Waals surface area contributed by atoms with Crippen LogP contribution in [0, 0.1) is 0 Å². The van der Waals surface area contributed by atoms with Gasteiger partial charge in [-0.1, -0.05) is 46.3 Å². The van der Waals surface area contributed by atoms with Crippen LogP contribution >= 0.6 is 27.7 Å². The van der Waals surface area contributed by atoms with Crippen LogP contribution in [0.3, 0.4) is 0 Å². The second kappa shape index (κ2) is 7.21. The Balaban J connectivity index is 2.03. The van der Waals surface area contributed by atoms with E-state index in [9.17, 15) is 14.4 Å². The number of nitrogens with one attached hydrogen (secondary N) is 1. The van der Waals surface area contributed by atoms with E-state index in [1.165, 1.54) is 30.7 Å². The molecule has 1 N–H and O–H groups in total. The van der Waals surface area contributed by atoms with Crippen molar-refractivity contribution in [2.45, 2.75) is 23.6 Å². The molecule has 1 aromatic carbocycles. The summed E-state index contributed by atoms with van der Waals surface area (Å²) in [4.78, 5) is 38.2. The highest BCUT2D eigenvalue weighted by Gasteiger charge is 2.56. The predicted molar refractivity (Wildman–Crippen MR) is 97.8 cm³/mol. The van der Waals surface area contributed by atoms with Gasteiger partial charge in [-0.25, -0.2) is 4.79 Å². The second-order valence-electron chi connectivity index (χ2n) is 5.70. The minimum atomic E-state index is -0.574. The highest BCUT2D eigenvalue weighted by Crippen LogP contribution is 2.50. The maximum Gasteiger partial charge on any atom is 0.354 e. The number of hydrogen-bond donors (Lipinski definition) is 1. The van der Waals surface area contributed by atoms with Gasteiger partial charge in [0.1, 0.15) is 16.4 Å².